The molecule has 0 saturated carbocycles. The first-order chi connectivity index (χ1) is 10.2. The van der Waals surface area contributed by atoms with Crippen LogP contribution < -0.4 is 10.6 Å². The van der Waals surface area contributed by atoms with Crippen molar-refractivity contribution in [1.82, 2.24) is 10.2 Å². The van der Waals surface area contributed by atoms with Crippen LogP contribution in [0.1, 0.15) is 19.3 Å². The van der Waals surface area contributed by atoms with Gasteiger partial charge in [0.1, 0.15) is 0 Å². The van der Waals surface area contributed by atoms with Crippen LogP contribution in [0.3, 0.4) is 0 Å². The zero-order valence-corrected chi connectivity index (χ0v) is 12.1. The average Bonchev–Trinajstić information content (AvgIpc) is 2.76. The van der Waals surface area contributed by atoms with Crippen molar-refractivity contribution in [2.24, 2.45) is 5.41 Å². The van der Waals surface area contributed by atoms with Crippen molar-refractivity contribution in [2.45, 2.75) is 19.3 Å². The number of nitrogens with zero attached hydrogens (tertiary/aromatic N) is 1. The highest BCUT2D eigenvalue weighted by molar-refractivity contribution is 5.95. The molecule has 0 bridgehead atoms. The standard InChI is InChI=1S/C16H21N3O2/c20-14(18-13-4-2-1-3-5-13)11-19-12-16(10-15(19)21)6-8-17-9-7-16/h1-5,17H,6-12H2,(H,18,20). The Labute approximate surface area is 124 Å². The zero-order chi connectivity index (χ0) is 14.7. The maximum atomic E-state index is 12.2. The molecule has 1 aromatic rings. The summed E-state index contributed by atoms with van der Waals surface area (Å²) in [7, 11) is 0. The molecule has 2 fully saturated rings. The van der Waals surface area contributed by atoms with Crippen LogP contribution >= 0.6 is 0 Å². The summed E-state index contributed by atoms with van der Waals surface area (Å²) in [6.45, 7) is 2.81. The molecule has 0 aliphatic carbocycles. The van der Waals surface area contributed by atoms with E-state index in [1.54, 1.807) is 4.90 Å². The quantitative estimate of drug-likeness (QED) is 0.879. The molecule has 5 heteroatoms. The maximum Gasteiger partial charge on any atom is 0.243 e. The second kappa shape index (κ2) is 5.85. The highest BCUT2D eigenvalue weighted by Gasteiger charge is 2.43. The van der Waals surface area contributed by atoms with Crippen molar-refractivity contribution in [2.75, 3.05) is 31.5 Å². The third-order valence-corrected chi connectivity index (χ3v) is 4.46. The first kappa shape index (κ1) is 14.1. The fraction of sp³-hybridized carbons (Fsp3) is 0.500. The van der Waals surface area contributed by atoms with Gasteiger partial charge in [0.15, 0.2) is 0 Å². The van der Waals surface area contributed by atoms with E-state index in [1.807, 2.05) is 30.3 Å². The summed E-state index contributed by atoms with van der Waals surface area (Å²) in [5, 5.41) is 6.17. The summed E-state index contributed by atoms with van der Waals surface area (Å²) in [6, 6.07) is 9.35. The summed E-state index contributed by atoms with van der Waals surface area (Å²) in [5.74, 6) is -0.0133. The lowest BCUT2D eigenvalue weighted by Gasteiger charge is -2.32. The van der Waals surface area contributed by atoms with Gasteiger partial charge in [0.2, 0.25) is 11.8 Å². The Kier molecular flexibility index (Phi) is 3.92. The van der Waals surface area contributed by atoms with Gasteiger partial charge in [0, 0.05) is 18.7 Å². The van der Waals surface area contributed by atoms with Gasteiger partial charge in [-0.25, -0.2) is 0 Å². The molecule has 1 spiro atoms. The van der Waals surface area contributed by atoms with Gasteiger partial charge in [0.05, 0.1) is 6.54 Å². The van der Waals surface area contributed by atoms with Crippen LogP contribution in [0.25, 0.3) is 0 Å². The molecule has 0 aromatic heterocycles. The van der Waals surface area contributed by atoms with Gasteiger partial charge in [-0.05, 0) is 43.5 Å². The van der Waals surface area contributed by atoms with E-state index in [1.165, 1.54) is 0 Å². The lowest BCUT2D eigenvalue weighted by Crippen LogP contribution is -2.40. The van der Waals surface area contributed by atoms with Crippen LogP contribution in [0.15, 0.2) is 30.3 Å². The van der Waals surface area contributed by atoms with E-state index >= 15 is 0 Å². The summed E-state index contributed by atoms with van der Waals surface area (Å²) < 4.78 is 0. The van der Waals surface area contributed by atoms with Gasteiger partial charge < -0.3 is 15.5 Å². The Morgan fingerprint density at radius 1 is 1.24 bits per heavy atom. The summed E-state index contributed by atoms with van der Waals surface area (Å²) in [6.07, 6.45) is 2.64. The normalized spacial score (nSPS) is 20.8. The first-order valence-corrected chi connectivity index (χ1v) is 7.50. The molecule has 2 aliphatic heterocycles. The van der Waals surface area contributed by atoms with E-state index in [0.29, 0.717) is 6.42 Å². The SMILES string of the molecule is O=C(CN1CC2(CCNCC2)CC1=O)Nc1ccccc1. The topological polar surface area (TPSA) is 61.4 Å². The summed E-state index contributed by atoms with van der Waals surface area (Å²) in [5.41, 5.74) is 0.862. The molecule has 2 saturated heterocycles. The molecule has 0 radical (unpaired) electrons. The minimum Gasteiger partial charge on any atom is -0.333 e. The molecule has 5 nitrogen and oxygen atoms in total. The van der Waals surface area contributed by atoms with E-state index in [0.717, 1.165) is 38.2 Å². The van der Waals surface area contributed by atoms with Gasteiger partial charge in [-0.3, -0.25) is 9.59 Å². The van der Waals surface area contributed by atoms with Crippen molar-refractivity contribution < 1.29 is 9.59 Å². The van der Waals surface area contributed by atoms with Gasteiger partial charge >= 0.3 is 0 Å². The lowest BCUT2D eigenvalue weighted by molar-refractivity contribution is -0.131. The first-order valence-electron chi connectivity index (χ1n) is 7.50. The molecule has 0 atom stereocenters. The van der Waals surface area contributed by atoms with Crippen molar-refractivity contribution in [3.8, 4) is 0 Å². The predicted molar refractivity (Wildman–Crippen MR) is 80.8 cm³/mol. The zero-order valence-electron chi connectivity index (χ0n) is 12.1. The average molecular weight is 287 g/mol. The van der Waals surface area contributed by atoms with Gasteiger partial charge in [-0.2, -0.15) is 0 Å². The number of piperidine rings is 1. The van der Waals surface area contributed by atoms with Crippen LogP contribution in [0.5, 0.6) is 0 Å². The number of carbonyl (C=O) groups excluding carboxylic acids is 2. The van der Waals surface area contributed by atoms with Crippen LogP contribution in [-0.4, -0.2) is 42.9 Å². The van der Waals surface area contributed by atoms with Crippen molar-refractivity contribution >= 4 is 17.5 Å². The molecule has 0 unspecified atom stereocenters. The summed E-state index contributed by atoms with van der Waals surface area (Å²) in [4.78, 5) is 25.9. The van der Waals surface area contributed by atoms with Crippen molar-refractivity contribution in [3.63, 3.8) is 0 Å². The molecular weight excluding hydrogens is 266 g/mol. The van der Waals surface area contributed by atoms with E-state index in [4.69, 9.17) is 0 Å². The summed E-state index contributed by atoms with van der Waals surface area (Å²) >= 11 is 0. The number of likely N-dealkylation sites (tertiary alicyclic amines) is 1. The molecule has 2 amide bonds. The molecule has 3 rings (SSSR count). The van der Waals surface area contributed by atoms with Crippen LogP contribution in [-0.2, 0) is 9.59 Å². The second-order valence-corrected chi connectivity index (χ2v) is 6.09. The Morgan fingerprint density at radius 2 is 1.95 bits per heavy atom. The van der Waals surface area contributed by atoms with Gasteiger partial charge in [0.25, 0.3) is 0 Å². The molecule has 1 aromatic carbocycles. The number of hydrogen-bond acceptors (Lipinski definition) is 3. The van der Waals surface area contributed by atoms with Crippen LogP contribution in [0, 0.1) is 5.41 Å². The van der Waals surface area contributed by atoms with E-state index in [9.17, 15) is 9.59 Å². The van der Waals surface area contributed by atoms with E-state index in [2.05, 4.69) is 10.6 Å². The molecule has 112 valence electrons. The minimum atomic E-state index is -0.125. The molecule has 2 N–H and O–H groups in total. The maximum absolute atomic E-state index is 12.2. The lowest BCUT2D eigenvalue weighted by atomic mass is 9.78. The largest absolute Gasteiger partial charge is 0.333 e. The van der Waals surface area contributed by atoms with E-state index < -0.39 is 0 Å². The third kappa shape index (κ3) is 3.24. The van der Waals surface area contributed by atoms with Crippen LogP contribution in [0.4, 0.5) is 5.69 Å². The number of anilines is 1. The number of rotatable bonds is 3. The highest BCUT2D eigenvalue weighted by atomic mass is 16.2. The Hall–Kier alpha value is -1.88. The molecular formula is C16H21N3O2. The van der Waals surface area contributed by atoms with Crippen molar-refractivity contribution in [1.29, 1.82) is 0 Å². The highest BCUT2D eigenvalue weighted by Crippen LogP contribution is 2.39. The Morgan fingerprint density at radius 3 is 2.67 bits per heavy atom. The fourth-order valence-electron chi connectivity index (χ4n) is 3.31. The molecule has 2 heterocycles. The minimum absolute atomic E-state index is 0.0926. The Bertz CT molecular complexity index is 524. The van der Waals surface area contributed by atoms with Crippen molar-refractivity contribution in [3.05, 3.63) is 30.3 Å². The number of para-hydroxylation sites is 1. The number of amides is 2. The molecule has 21 heavy (non-hydrogen) atoms. The van der Waals surface area contributed by atoms with E-state index in [-0.39, 0.29) is 23.8 Å². The van der Waals surface area contributed by atoms with Gasteiger partial charge in [-0.1, -0.05) is 18.2 Å². The number of benzene rings is 1. The fourth-order valence-corrected chi connectivity index (χ4v) is 3.31. The number of nitrogens with one attached hydrogen (secondary N) is 2. The predicted octanol–water partition coefficient (Wildman–Crippen LogP) is 1.23. The smallest absolute Gasteiger partial charge is 0.243 e. The number of hydrogen-bond donors (Lipinski definition) is 2. The molecule has 2 aliphatic rings. The van der Waals surface area contributed by atoms with Gasteiger partial charge in [-0.15, -0.1) is 0 Å². The Balaban J connectivity index is 1.57. The number of carbonyl (C=O) groups is 2. The third-order valence-electron chi connectivity index (χ3n) is 4.46. The monoisotopic (exact) mass is 287 g/mol. The van der Waals surface area contributed by atoms with Crippen LogP contribution in [0.2, 0.25) is 0 Å². The second-order valence-electron chi connectivity index (χ2n) is 6.09.